The van der Waals surface area contributed by atoms with Gasteiger partial charge in [0.2, 0.25) is 16.1 Å². The number of hydrogen-bond donors (Lipinski definition) is 0. The first-order chi connectivity index (χ1) is 13.9. The van der Waals surface area contributed by atoms with Crippen molar-refractivity contribution in [3.8, 4) is 11.5 Å². The molecule has 0 bridgehead atoms. The number of amides is 1. The maximum absolute atomic E-state index is 12.9. The Hall–Kier alpha value is -2.58. The number of rotatable bonds is 5. The van der Waals surface area contributed by atoms with E-state index >= 15 is 0 Å². The molecule has 1 atom stereocenters. The zero-order chi connectivity index (χ0) is 20.4. The summed E-state index contributed by atoms with van der Waals surface area (Å²) in [5, 5.41) is 0. The molecule has 8 heteroatoms. The van der Waals surface area contributed by atoms with E-state index < -0.39 is 16.1 Å². The van der Waals surface area contributed by atoms with E-state index in [1.54, 1.807) is 18.0 Å². The van der Waals surface area contributed by atoms with Crippen molar-refractivity contribution in [3.05, 3.63) is 54.1 Å². The molecule has 2 aromatic rings. The van der Waals surface area contributed by atoms with Crippen LogP contribution < -0.4 is 9.47 Å². The van der Waals surface area contributed by atoms with Crippen LogP contribution in [0, 0.1) is 0 Å². The van der Waals surface area contributed by atoms with E-state index in [1.165, 1.54) is 16.4 Å². The number of sulfonamides is 1. The highest BCUT2D eigenvalue weighted by atomic mass is 32.2. The molecule has 29 heavy (non-hydrogen) atoms. The number of likely N-dealkylation sites (tertiary alicyclic amines) is 1. The summed E-state index contributed by atoms with van der Waals surface area (Å²) in [6.07, 6.45) is 1.32. The van der Waals surface area contributed by atoms with Crippen molar-refractivity contribution in [2.24, 2.45) is 0 Å². The highest BCUT2D eigenvalue weighted by Crippen LogP contribution is 2.35. The summed E-state index contributed by atoms with van der Waals surface area (Å²) in [6.45, 7) is 1.84. The Bertz CT molecular complexity index is 987. The molecule has 0 aromatic heterocycles. The van der Waals surface area contributed by atoms with Crippen LogP contribution in [0.1, 0.15) is 18.4 Å². The van der Waals surface area contributed by atoms with Gasteiger partial charge in [0, 0.05) is 32.7 Å². The van der Waals surface area contributed by atoms with Crippen LogP contribution in [0.3, 0.4) is 0 Å². The van der Waals surface area contributed by atoms with Gasteiger partial charge in [0.15, 0.2) is 11.5 Å². The van der Waals surface area contributed by atoms with E-state index in [0.29, 0.717) is 11.5 Å². The van der Waals surface area contributed by atoms with Crippen LogP contribution in [0.25, 0.3) is 0 Å². The number of hydrogen-bond acceptors (Lipinski definition) is 5. The lowest BCUT2D eigenvalue weighted by molar-refractivity contribution is -0.140. The van der Waals surface area contributed by atoms with Crippen LogP contribution in [0.15, 0.2) is 53.4 Å². The standard InChI is InChI=1S/C21H24N2O5S/c1-22(14-16-7-3-2-4-8-16)29(25,26)17-9-10-18-19(13-17)27-15-20(28-18)21(24)23-11-5-6-12-23/h2-4,7-10,13,20H,5-6,11-12,14-15H2,1H3/t20-/m1/s1. The lowest BCUT2D eigenvalue weighted by atomic mass is 10.2. The molecular weight excluding hydrogens is 392 g/mol. The molecule has 154 valence electrons. The molecule has 7 nitrogen and oxygen atoms in total. The molecule has 0 unspecified atom stereocenters. The second kappa shape index (κ2) is 8.04. The maximum Gasteiger partial charge on any atom is 0.267 e. The molecule has 0 saturated carbocycles. The Morgan fingerprint density at radius 2 is 1.83 bits per heavy atom. The molecule has 4 rings (SSSR count). The summed E-state index contributed by atoms with van der Waals surface area (Å²) in [4.78, 5) is 14.4. The minimum absolute atomic E-state index is 0.0751. The van der Waals surface area contributed by atoms with Crippen LogP contribution in [0.2, 0.25) is 0 Å². The van der Waals surface area contributed by atoms with E-state index in [0.717, 1.165) is 31.5 Å². The molecule has 1 fully saturated rings. The Kier molecular flexibility index (Phi) is 5.47. The number of ether oxygens (including phenoxy) is 2. The summed E-state index contributed by atoms with van der Waals surface area (Å²) in [5.74, 6) is 0.649. The predicted octanol–water partition coefficient (Wildman–Crippen LogP) is 2.27. The van der Waals surface area contributed by atoms with Crippen molar-refractivity contribution in [1.29, 1.82) is 0 Å². The maximum atomic E-state index is 12.9. The van der Waals surface area contributed by atoms with E-state index in [4.69, 9.17) is 9.47 Å². The van der Waals surface area contributed by atoms with Crippen LogP contribution in [0.4, 0.5) is 0 Å². The van der Waals surface area contributed by atoms with Gasteiger partial charge in [0.1, 0.15) is 6.61 Å². The van der Waals surface area contributed by atoms with Crippen molar-refractivity contribution in [1.82, 2.24) is 9.21 Å². The highest BCUT2D eigenvalue weighted by molar-refractivity contribution is 7.89. The van der Waals surface area contributed by atoms with Gasteiger partial charge in [0.25, 0.3) is 5.91 Å². The predicted molar refractivity (Wildman–Crippen MR) is 107 cm³/mol. The third-order valence-corrected chi connectivity index (χ3v) is 7.02. The first-order valence-electron chi connectivity index (χ1n) is 9.68. The van der Waals surface area contributed by atoms with Gasteiger partial charge >= 0.3 is 0 Å². The van der Waals surface area contributed by atoms with Crippen molar-refractivity contribution in [3.63, 3.8) is 0 Å². The Morgan fingerprint density at radius 1 is 1.10 bits per heavy atom. The van der Waals surface area contributed by atoms with Gasteiger partial charge < -0.3 is 14.4 Å². The smallest absolute Gasteiger partial charge is 0.267 e. The first kappa shape index (κ1) is 19.7. The molecule has 2 aliphatic rings. The Labute approximate surface area is 170 Å². The topological polar surface area (TPSA) is 76.2 Å². The number of carbonyl (C=O) groups is 1. The summed E-state index contributed by atoms with van der Waals surface area (Å²) >= 11 is 0. The van der Waals surface area contributed by atoms with Crippen LogP contribution in [-0.4, -0.2) is 56.4 Å². The molecule has 1 saturated heterocycles. The lowest BCUT2D eigenvalue weighted by Crippen LogP contribution is -2.45. The second-order valence-electron chi connectivity index (χ2n) is 7.31. The molecule has 2 aliphatic heterocycles. The number of fused-ring (bicyclic) bond motifs is 1. The lowest BCUT2D eigenvalue weighted by Gasteiger charge is -2.29. The summed E-state index contributed by atoms with van der Waals surface area (Å²) in [5.41, 5.74) is 0.902. The zero-order valence-corrected chi connectivity index (χ0v) is 17.1. The third kappa shape index (κ3) is 4.09. The van der Waals surface area contributed by atoms with E-state index in [2.05, 4.69) is 0 Å². The van der Waals surface area contributed by atoms with Gasteiger partial charge in [-0.25, -0.2) is 8.42 Å². The van der Waals surface area contributed by atoms with Gasteiger partial charge in [-0.15, -0.1) is 0 Å². The van der Waals surface area contributed by atoms with Crippen LogP contribution >= 0.6 is 0 Å². The molecule has 1 amide bonds. The quantitative estimate of drug-likeness (QED) is 0.747. The van der Waals surface area contributed by atoms with Gasteiger partial charge in [-0.05, 0) is 30.5 Å². The third-order valence-electron chi connectivity index (χ3n) is 5.22. The van der Waals surface area contributed by atoms with Crippen molar-refractivity contribution in [2.75, 3.05) is 26.7 Å². The number of carbonyl (C=O) groups excluding carboxylic acids is 1. The van der Waals surface area contributed by atoms with Crippen molar-refractivity contribution < 1.29 is 22.7 Å². The second-order valence-corrected chi connectivity index (χ2v) is 9.35. The fraction of sp³-hybridized carbons (Fsp3) is 0.381. The Balaban J connectivity index is 1.49. The largest absolute Gasteiger partial charge is 0.485 e. The van der Waals surface area contributed by atoms with Gasteiger partial charge in [-0.1, -0.05) is 30.3 Å². The highest BCUT2D eigenvalue weighted by Gasteiger charge is 2.33. The average molecular weight is 416 g/mol. The summed E-state index contributed by atoms with van der Waals surface area (Å²) < 4.78 is 38.7. The van der Waals surface area contributed by atoms with Crippen LogP contribution in [0.5, 0.6) is 11.5 Å². The van der Waals surface area contributed by atoms with Crippen molar-refractivity contribution in [2.45, 2.75) is 30.4 Å². The van der Waals surface area contributed by atoms with E-state index in [-0.39, 0.29) is 24.0 Å². The minimum Gasteiger partial charge on any atom is -0.485 e. The van der Waals surface area contributed by atoms with E-state index in [1.807, 2.05) is 30.3 Å². The molecule has 0 spiro atoms. The number of nitrogens with zero attached hydrogens (tertiary/aromatic N) is 2. The van der Waals surface area contributed by atoms with E-state index in [9.17, 15) is 13.2 Å². The Morgan fingerprint density at radius 3 is 2.55 bits per heavy atom. The summed E-state index contributed by atoms with van der Waals surface area (Å²) in [6, 6.07) is 13.9. The monoisotopic (exact) mass is 416 g/mol. The zero-order valence-electron chi connectivity index (χ0n) is 16.3. The molecule has 2 heterocycles. The molecule has 2 aromatic carbocycles. The van der Waals surface area contributed by atoms with Crippen molar-refractivity contribution >= 4 is 15.9 Å². The number of benzene rings is 2. The minimum atomic E-state index is -3.69. The van der Waals surface area contributed by atoms with Gasteiger partial charge in [-0.2, -0.15) is 4.31 Å². The SMILES string of the molecule is CN(Cc1ccccc1)S(=O)(=O)c1ccc2c(c1)OC[C@H](C(=O)N1CCCC1)O2. The summed E-state index contributed by atoms with van der Waals surface area (Å²) in [7, 11) is -2.15. The fourth-order valence-corrected chi connectivity index (χ4v) is 4.75. The molecule has 0 radical (unpaired) electrons. The fourth-order valence-electron chi connectivity index (χ4n) is 3.58. The van der Waals surface area contributed by atoms with Gasteiger partial charge in [-0.3, -0.25) is 4.79 Å². The average Bonchev–Trinajstić information content (AvgIpc) is 3.28. The van der Waals surface area contributed by atoms with Gasteiger partial charge in [0.05, 0.1) is 4.90 Å². The molecule has 0 N–H and O–H groups in total. The first-order valence-corrected chi connectivity index (χ1v) is 11.1. The van der Waals surface area contributed by atoms with Crippen LogP contribution in [-0.2, 0) is 21.4 Å². The normalized spacial score (nSPS) is 18.8. The molecule has 0 aliphatic carbocycles. The molecular formula is C21H24N2O5S.